The average molecular weight is 298 g/mol. The fourth-order valence-corrected chi connectivity index (χ4v) is 3.11. The molecule has 1 aromatic rings. The number of urea groups is 1. The second kappa shape index (κ2) is 6.69. The first kappa shape index (κ1) is 14.8. The molecule has 1 aliphatic rings. The number of hydrogen-bond donors (Lipinski definition) is 2. The molecule has 9 heteroatoms. The molecule has 8 nitrogen and oxygen atoms in total. The predicted octanol–water partition coefficient (Wildman–Crippen LogP) is 0.854. The summed E-state index contributed by atoms with van der Waals surface area (Å²) in [5, 5.41) is 13.8. The van der Waals surface area contributed by atoms with Crippen molar-refractivity contribution in [1.82, 2.24) is 25.5 Å². The number of nitrogens with two attached hydrogens (primary N) is 1. The number of primary amides is 1. The number of nitrogens with one attached hydrogen (secondary N) is 1. The summed E-state index contributed by atoms with van der Waals surface area (Å²) in [6, 6.07) is -0.554. The lowest BCUT2D eigenvalue weighted by atomic mass is 9.96. The van der Waals surface area contributed by atoms with Crippen LogP contribution in [0.5, 0.6) is 0 Å². The molecule has 1 aromatic heterocycles. The van der Waals surface area contributed by atoms with Crippen LogP contribution in [-0.2, 0) is 4.79 Å². The molecule has 0 saturated heterocycles. The van der Waals surface area contributed by atoms with Gasteiger partial charge in [0.15, 0.2) is 0 Å². The van der Waals surface area contributed by atoms with E-state index in [1.807, 2.05) is 0 Å². The Hall–Kier alpha value is -1.64. The van der Waals surface area contributed by atoms with Crippen LogP contribution in [0.2, 0.25) is 0 Å². The molecule has 0 unspecified atom stereocenters. The molecule has 0 aromatic carbocycles. The van der Waals surface area contributed by atoms with Gasteiger partial charge in [0, 0.05) is 0 Å². The summed E-state index contributed by atoms with van der Waals surface area (Å²) in [7, 11) is 0. The first-order valence-electron chi connectivity index (χ1n) is 6.62. The number of tetrazole rings is 1. The molecule has 0 bridgehead atoms. The standard InChI is InChI=1S/C11H18N6O2S/c1-7(9(18)13-10(12)19)20-11-14-15-16-17(11)8-5-3-2-4-6-8/h7-8H,2-6H2,1H3,(H3,12,13,18,19)/t7-/m1/s1. The van der Waals surface area contributed by atoms with Crippen molar-refractivity contribution in [1.29, 1.82) is 0 Å². The van der Waals surface area contributed by atoms with E-state index in [2.05, 4.69) is 20.8 Å². The largest absolute Gasteiger partial charge is 0.351 e. The van der Waals surface area contributed by atoms with Crippen molar-refractivity contribution in [3.8, 4) is 0 Å². The van der Waals surface area contributed by atoms with E-state index in [0.29, 0.717) is 11.2 Å². The first-order valence-corrected chi connectivity index (χ1v) is 7.50. The summed E-state index contributed by atoms with van der Waals surface area (Å²) in [4.78, 5) is 22.3. The second-order valence-corrected chi connectivity index (χ2v) is 6.12. The molecule has 110 valence electrons. The van der Waals surface area contributed by atoms with Crippen molar-refractivity contribution < 1.29 is 9.59 Å². The molecule has 1 saturated carbocycles. The molecule has 1 fully saturated rings. The lowest BCUT2D eigenvalue weighted by molar-refractivity contribution is -0.119. The summed E-state index contributed by atoms with van der Waals surface area (Å²) in [6.45, 7) is 1.68. The number of hydrogen-bond acceptors (Lipinski definition) is 6. The summed E-state index contributed by atoms with van der Waals surface area (Å²) in [5.41, 5.74) is 4.93. The third kappa shape index (κ3) is 3.69. The van der Waals surface area contributed by atoms with E-state index in [-0.39, 0.29) is 0 Å². The maximum atomic E-state index is 11.7. The Kier molecular flexibility index (Phi) is 4.94. The van der Waals surface area contributed by atoms with Crippen LogP contribution >= 0.6 is 11.8 Å². The molecule has 0 aliphatic heterocycles. The Morgan fingerprint density at radius 1 is 1.40 bits per heavy atom. The minimum atomic E-state index is -0.852. The molecule has 1 heterocycles. The van der Waals surface area contributed by atoms with Crippen LogP contribution in [0.3, 0.4) is 0 Å². The van der Waals surface area contributed by atoms with Crippen LogP contribution in [0.1, 0.15) is 45.1 Å². The second-order valence-electron chi connectivity index (χ2n) is 4.81. The van der Waals surface area contributed by atoms with Crippen LogP contribution in [0.4, 0.5) is 4.79 Å². The molecule has 20 heavy (non-hydrogen) atoms. The monoisotopic (exact) mass is 298 g/mol. The molecular formula is C11H18N6O2S. The van der Waals surface area contributed by atoms with Gasteiger partial charge in [-0.05, 0) is 30.2 Å². The molecule has 0 radical (unpaired) electrons. The van der Waals surface area contributed by atoms with E-state index in [1.165, 1.54) is 31.0 Å². The average Bonchev–Trinajstić information content (AvgIpc) is 2.87. The Balaban J connectivity index is 2.00. The molecular weight excluding hydrogens is 280 g/mol. The van der Waals surface area contributed by atoms with E-state index in [1.54, 1.807) is 11.6 Å². The van der Waals surface area contributed by atoms with Crippen molar-refractivity contribution in [2.24, 2.45) is 5.73 Å². The number of aromatic nitrogens is 4. The van der Waals surface area contributed by atoms with Crippen LogP contribution < -0.4 is 11.1 Å². The van der Waals surface area contributed by atoms with E-state index in [0.717, 1.165) is 12.8 Å². The van der Waals surface area contributed by atoms with Gasteiger partial charge in [-0.15, -0.1) is 5.10 Å². The van der Waals surface area contributed by atoms with Gasteiger partial charge in [0.05, 0.1) is 11.3 Å². The van der Waals surface area contributed by atoms with Crippen LogP contribution in [0.25, 0.3) is 0 Å². The van der Waals surface area contributed by atoms with Crippen molar-refractivity contribution in [2.45, 2.75) is 55.5 Å². The summed E-state index contributed by atoms with van der Waals surface area (Å²) in [6.07, 6.45) is 5.71. The highest BCUT2D eigenvalue weighted by Crippen LogP contribution is 2.31. The molecule has 1 atom stereocenters. The van der Waals surface area contributed by atoms with Crippen LogP contribution in [-0.4, -0.2) is 37.4 Å². The number of rotatable bonds is 4. The number of amides is 3. The number of nitrogens with zero attached hydrogens (tertiary/aromatic N) is 4. The first-order chi connectivity index (χ1) is 9.58. The lowest BCUT2D eigenvalue weighted by Crippen LogP contribution is -2.39. The van der Waals surface area contributed by atoms with Gasteiger partial charge < -0.3 is 5.73 Å². The van der Waals surface area contributed by atoms with E-state index in [4.69, 9.17) is 5.73 Å². The number of thioether (sulfide) groups is 1. The van der Waals surface area contributed by atoms with Gasteiger partial charge in [-0.2, -0.15) is 0 Å². The van der Waals surface area contributed by atoms with Gasteiger partial charge >= 0.3 is 6.03 Å². The lowest BCUT2D eigenvalue weighted by Gasteiger charge is -2.22. The Morgan fingerprint density at radius 2 is 2.10 bits per heavy atom. The Morgan fingerprint density at radius 3 is 2.75 bits per heavy atom. The van der Waals surface area contributed by atoms with E-state index < -0.39 is 17.2 Å². The number of carbonyl (C=O) groups excluding carboxylic acids is 2. The van der Waals surface area contributed by atoms with Gasteiger partial charge in [0.2, 0.25) is 11.1 Å². The molecule has 1 aliphatic carbocycles. The maximum absolute atomic E-state index is 11.7. The van der Waals surface area contributed by atoms with Gasteiger partial charge in [0.1, 0.15) is 0 Å². The number of carbonyl (C=O) groups is 2. The quantitative estimate of drug-likeness (QED) is 0.796. The van der Waals surface area contributed by atoms with Gasteiger partial charge in [-0.25, -0.2) is 9.48 Å². The van der Waals surface area contributed by atoms with Crippen LogP contribution in [0.15, 0.2) is 5.16 Å². The highest BCUT2D eigenvalue weighted by molar-refractivity contribution is 8.00. The highest BCUT2D eigenvalue weighted by Gasteiger charge is 2.24. The topological polar surface area (TPSA) is 116 Å². The van der Waals surface area contributed by atoms with Gasteiger partial charge in [-0.3, -0.25) is 10.1 Å². The van der Waals surface area contributed by atoms with Crippen LogP contribution in [0, 0.1) is 0 Å². The fraction of sp³-hybridized carbons (Fsp3) is 0.727. The molecule has 2 rings (SSSR count). The summed E-state index contributed by atoms with van der Waals surface area (Å²) in [5.74, 6) is -0.444. The minimum Gasteiger partial charge on any atom is -0.351 e. The third-order valence-electron chi connectivity index (χ3n) is 3.28. The molecule has 0 spiro atoms. The van der Waals surface area contributed by atoms with Crippen molar-refractivity contribution in [3.05, 3.63) is 0 Å². The van der Waals surface area contributed by atoms with Crippen molar-refractivity contribution in [3.63, 3.8) is 0 Å². The molecule has 3 N–H and O–H groups in total. The normalized spacial score (nSPS) is 17.6. The smallest absolute Gasteiger partial charge is 0.318 e. The predicted molar refractivity (Wildman–Crippen MR) is 73.0 cm³/mol. The fourth-order valence-electron chi connectivity index (χ4n) is 2.25. The zero-order valence-electron chi connectivity index (χ0n) is 11.3. The zero-order chi connectivity index (χ0) is 14.5. The Bertz CT molecular complexity index is 485. The molecule has 3 amide bonds. The van der Waals surface area contributed by atoms with Crippen molar-refractivity contribution >= 4 is 23.7 Å². The minimum absolute atomic E-state index is 0.299. The Labute approximate surface area is 120 Å². The van der Waals surface area contributed by atoms with E-state index in [9.17, 15) is 9.59 Å². The highest BCUT2D eigenvalue weighted by atomic mass is 32.2. The van der Waals surface area contributed by atoms with Gasteiger partial charge in [-0.1, -0.05) is 31.0 Å². The zero-order valence-corrected chi connectivity index (χ0v) is 12.1. The summed E-state index contributed by atoms with van der Waals surface area (Å²) < 4.78 is 1.79. The third-order valence-corrected chi connectivity index (χ3v) is 4.33. The van der Waals surface area contributed by atoms with Gasteiger partial charge in [0.25, 0.3) is 0 Å². The maximum Gasteiger partial charge on any atom is 0.318 e. The van der Waals surface area contributed by atoms with E-state index >= 15 is 0 Å². The summed E-state index contributed by atoms with van der Waals surface area (Å²) >= 11 is 1.23. The van der Waals surface area contributed by atoms with Crippen molar-refractivity contribution in [2.75, 3.05) is 0 Å². The number of imide groups is 1. The SMILES string of the molecule is C[C@@H](Sc1nnnn1C1CCCCC1)C(=O)NC(N)=O.